The maximum absolute atomic E-state index is 11.0. The van der Waals surface area contributed by atoms with Gasteiger partial charge in [-0.1, -0.05) is 0 Å². The minimum atomic E-state index is -0.183. The third-order valence-electron chi connectivity index (χ3n) is 1.08. The highest BCUT2D eigenvalue weighted by molar-refractivity contribution is 8.00. The quantitative estimate of drug-likeness (QED) is 0.667. The number of carbonyl (C=O) groups is 1. The average Bonchev–Trinajstić information content (AvgIpc) is 1.84. The highest BCUT2D eigenvalue weighted by Crippen LogP contribution is 2.08. The van der Waals surface area contributed by atoms with Gasteiger partial charge in [0.1, 0.15) is 0 Å². The van der Waals surface area contributed by atoms with Crippen LogP contribution in [0.1, 0.15) is 20.8 Å². The van der Waals surface area contributed by atoms with E-state index in [-0.39, 0.29) is 11.4 Å². The van der Waals surface area contributed by atoms with E-state index in [1.54, 1.807) is 11.8 Å². The number of thioether (sulfide) groups is 1. The van der Waals surface area contributed by atoms with Crippen molar-refractivity contribution >= 4 is 17.7 Å². The van der Waals surface area contributed by atoms with E-state index in [1.165, 1.54) is 0 Å². The van der Waals surface area contributed by atoms with Crippen molar-refractivity contribution in [1.29, 1.82) is 0 Å². The monoisotopic (exact) mass is 190 g/mol. The van der Waals surface area contributed by atoms with Gasteiger partial charge in [-0.3, -0.25) is 4.79 Å². The molecule has 12 heavy (non-hydrogen) atoms. The van der Waals surface area contributed by atoms with E-state index >= 15 is 0 Å². The summed E-state index contributed by atoms with van der Waals surface area (Å²) in [6.07, 6.45) is 0. The van der Waals surface area contributed by atoms with Gasteiger partial charge in [-0.05, 0) is 20.8 Å². The van der Waals surface area contributed by atoms with E-state index in [9.17, 15) is 4.79 Å². The zero-order chi connectivity index (χ0) is 9.61. The lowest BCUT2D eigenvalue weighted by atomic mass is 10.1. The Hall–Kier alpha value is -0.220. The summed E-state index contributed by atoms with van der Waals surface area (Å²) in [5.41, 5.74) is 5.56. The summed E-state index contributed by atoms with van der Waals surface area (Å²) >= 11 is 1.57. The molecule has 0 heterocycles. The second-order valence-corrected chi connectivity index (χ2v) is 4.42. The van der Waals surface area contributed by atoms with Crippen LogP contribution < -0.4 is 11.1 Å². The molecule has 0 atom stereocenters. The Bertz CT molecular complexity index is 142. The molecule has 72 valence electrons. The van der Waals surface area contributed by atoms with Crippen LogP contribution in [0.15, 0.2) is 0 Å². The molecule has 3 nitrogen and oxygen atoms in total. The molecule has 0 aliphatic rings. The van der Waals surface area contributed by atoms with E-state index in [1.807, 2.05) is 20.8 Å². The summed E-state index contributed by atoms with van der Waals surface area (Å²) in [6, 6.07) is 0. The SMILES string of the molecule is CCNC(=O)CSCC(C)(C)N. The Morgan fingerprint density at radius 1 is 1.58 bits per heavy atom. The van der Waals surface area contributed by atoms with Gasteiger partial charge in [0.25, 0.3) is 0 Å². The normalized spacial score (nSPS) is 11.3. The van der Waals surface area contributed by atoms with Crippen LogP contribution in [0, 0.1) is 0 Å². The van der Waals surface area contributed by atoms with Crippen LogP contribution in [0.4, 0.5) is 0 Å². The fraction of sp³-hybridized carbons (Fsp3) is 0.875. The minimum absolute atomic E-state index is 0.0896. The maximum atomic E-state index is 11.0. The average molecular weight is 190 g/mol. The molecule has 0 bridgehead atoms. The molecule has 1 amide bonds. The van der Waals surface area contributed by atoms with Crippen molar-refractivity contribution in [3.63, 3.8) is 0 Å². The molecule has 0 spiro atoms. The van der Waals surface area contributed by atoms with E-state index in [0.717, 1.165) is 5.75 Å². The lowest BCUT2D eigenvalue weighted by molar-refractivity contribution is -0.118. The highest BCUT2D eigenvalue weighted by atomic mass is 32.2. The fourth-order valence-corrected chi connectivity index (χ4v) is 1.57. The predicted molar refractivity (Wildman–Crippen MR) is 54.3 cm³/mol. The van der Waals surface area contributed by atoms with Crippen LogP contribution in [0.3, 0.4) is 0 Å². The van der Waals surface area contributed by atoms with Crippen LogP contribution in [-0.4, -0.2) is 29.5 Å². The maximum Gasteiger partial charge on any atom is 0.229 e. The van der Waals surface area contributed by atoms with Gasteiger partial charge >= 0.3 is 0 Å². The fourth-order valence-electron chi connectivity index (χ4n) is 0.655. The van der Waals surface area contributed by atoms with Gasteiger partial charge in [-0.2, -0.15) is 11.8 Å². The van der Waals surface area contributed by atoms with Crippen molar-refractivity contribution in [3.8, 4) is 0 Å². The Morgan fingerprint density at radius 2 is 2.17 bits per heavy atom. The molecular weight excluding hydrogens is 172 g/mol. The highest BCUT2D eigenvalue weighted by Gasteiger charge is 2.11. The van der Waals surface area contributed by atoms with Crippen molar-refractivity contribution in [2.24, 2.45) is 5.73 Å². The topological polar surface area (TPSA) is 55.1 Å². The van der Waals surface area contributed by atoms with Crippen molar-refractivity contribution in [2.45, 2.75) is 26.3 Å². The van der Waals surface area contributed by atoms with Gasteiger partial charge in [0, 0.05) is 17.8 Å². The lowest BCUT2D eigenvalue weighted by Crippen LogP contribution is -2.35. The first-order valence-electron chi connectivity index (χ1n) is 4.09. The predicted octanol–water partition coefficient (Wildman–Crippen LogP) is 0.593. The zero-order valence-corrected chi connectivity index (χ0v) is 8.83. The summed E-state index contributed by atoms with van der Waals surface area (Å²) in [5, 5.41) is 2.73. The lowest BCUT2D eigenvalue weighted by Gasteiger charge is -2.16. The number of hydrogen-bond donors (Lipinski definition) is 2. The molecule has 0 aliphatic carbocycles. The van der Waals surface area contributed by atoms with Crippen LogP contribution >= 0.6 is 11.8 Å². The van der Waals surface area contributed by atoms with E-state index in [4.69, 9.17) is 5.73 Å². The number of hydrogen-bond acceptors (Lipinski definition) is 3. The molecule has 0 aromatic rings. The second kappa shape index (κ2) is 5.43. The van der Waals surface area contributed by atoms with Gasteiger partial charge < -0.3 is 11.1 Å². The Labute approximate surface area is 78.5 Å². The molecule has 0 unspecified atom stereocenters. The Kier molecular flexibility index (Phi) is 5.33. The molecular formula is C8H18N2OS. The van der Waals surface area contributed by atoms with Gasteiger partial charge in [0.05, 0.1) is 5.75 Å². The molecule has 0 rings (SSSR count). The zero-order valence-electron chi connectivity index (χ0n) is 8.02. The summed E-state index contributed by atoms with van der Waals surface area (Å²) in [4.78, 5) is 11.0. The number of amides is 1. The van der Waals surface area contributed by atoms with E-state index in [0.29, 0.717) is 12.3 Å². The van der Waals surface area contributed by atoms with Crippen LogP contribution in [0.2, 0.25) is 0 Å². The first-order valence-corrected chi connectivity index (χ1v) is 5.24. The Morgan fingerprint density at radius 3 is 2.58 bits per heavy atom. The minimum Gasteiger partial charge on any atom is -0.356 e. The molecule has 0 aromatic carbocycles. The van der Waals surface area contributed by atoms with Gasteiger partial charge in [-0.25, -0.2) is 0 Å². The van der Waals surface area contributed by atoms with Crippen molar-refractivity contribution in [2.75, 3.05) is 18.1 Å². The number of nitrogens with two attached hydrogens (primary N) is 1. The third kappa shape index (κ3) is 7.88. The molecule has 4 heteroatoms. The molecule has 0 saturated heterocycles. The number of rotatable bonds is 5. The van der Waals surface area contributed by atoms with E-state index < -0.39 is 0 Å². The van der Waals surface area contributed by atoms with E-state index in [2.05, 4.69) is 5.32 Å². The van der Waals surface area contributed by atoms with Crippen molar-refractivity contribution in [1.82, 2.24) is 5.32 Å². The summed E-state index contributed by atoms with van der Waals surface area (Å²) in [7, 11) is 0. The molecule has 0 fully saturated rings. The Balaban J connectivity index is 3.37. The molecule has 3 N–H and O–H groups in total. The number of nitrogens with one attached hydrogen (secondary N) is 1. The summed E-state index contributed by atoms with van der Waals surface area (Å²) < 4.78 is 0. The van der Waals surface area contributed by atoms with Gasteiger partial charge in [0.15, 0.2) is 0 Å². The molecule has 0 radical (unpaired) electrons. The first-order chi connectivity index (χ1) is 5.45. The van der Waals surface area contributed by atoms with Crippen molar-refractivity contribution < 1.29 is 4.79 Å². The van der Waals surface area contributed by atoms with Crippen molar-refractivity contribution in [3.05, 3.63) is 0 Å². The summed E-state index contributed by atoms with van der Waals surface area (Å²) in [5.74, 6) is 1.41. The molecule has 0 aromatic heterocycles. The smallest absolute Gasteiger partial charge is 0.229 e. The largest absolute Gasteiger partial charge is 0.356 e. The van der Waals surface area contributed by atoms with Gasteiger partial charge in [-0.15, -0.1) is 0 Å². The van der Waals surface area contributed by atoms with Gasteiger partial charge in [0.2, 0.25) is 5.91 Å². The van der Waals surface area contributed by atoms with Crippen LogP contribution in [0.5, 0.6) is 0 Å². The van der Waals surface area contributed by atoms with Crippen LogP contribution in [-0.2, 0) is 4.79 Å². The second-order valence-electron chi connectivity index (χ2n) is 3.43. The molecule has 0 aliphatic heterocycles. The summed E-state index contributed by atoms with van der Waals surface area (Å²) in [6.45, 7) is 6.52. The standard InChI is InChI=1S/C8H18N2OS/c1-4-10-7(11)5-12-6-8(2,3)9/h4-6,9H2,1-3H3,(H,10,11). The molecule has 0 saturated carbocycles. The number of carbonyl (C=O) groups excluding carboxylic acids is 1. The third-order valence-corrected chi connectivity index (χ3v) is 2.50. The van der Waals surface area contributed by atoms with Crippen LogP contribution in [0.25, 0.3) is 0 Å². The first kappa shape index (κ1) is 11.8.